The van der Waals surface area contributed by atoms with Gasteiger partial charge in [-0.3, -0.25) is 14.1 Å². The molecule has 53 heavy (non-hydrogen) atoms. The first-order chi connectivity index (χ1) is 25.8. The number of carbonyl (C=O) groups excluding carboxylic acids is 2. The number of allylic oxidation sites excluding steroid dienone is 18. The molecule has 0 aromatic carbocycles. The summed E-state index contributed by atoms with van der Waals surface area (Å²) in [4.78, 5) is 42.7. The van der Waals surface area contributed by atoms with Crippen LogP contribution < -0.4 is 0 Å². The van der Waals surface area contributed by atoms with Crippen LogP contribution in [0, 0.1) is 0 Å². The van der Waals surface area contributed by atoms with Gasteiger partial charge >= 0.3 is 19.8 Å². The number of hydrogen-bond acceptors (Lipinski definition) is 6. The molecule has 0 saturated carbocycles. The van der Waals surface area contributed by atoms with Crippen molar-refractivity contribution in [1.82, 2.24) is 0 Å². The summed E-state index contributed by atoms with van der Waals surface area (Å²) < 4.78 is 26.2. The summed E-state index contributed by atoms with van der Waals surface area (Å²) in [7, 11) is -4.78. The first kappa shape index (κ1) is 49.7. The lowest BCUT2D eigenvalue weighted by atomic mass is 10.1. The van der Waals surface area contributed by atoms with E-state index in [2.05, 4.69) is 73.1 Å². The number of esters is 2. The van der Waals surface area contributed by atoms with Gasteiger partial charge in [0.25, 0.3) is 0 Å². The van der Waals surface area contributed by atoms with Crippen molar-refractivity contribution in [3.05, 3.63) is 109 Å². The highest BCUT2D eigenvalue weighted by Gasteiger charge is 2.22. The molecule has 0 rings (SSSR count). The Hall–Kier alpha value is -3.29. The molecule has 0 aliphatic rings. The fraction of sp³-hybridized carbons (Fsp3) is 0.545. The number of rotatable bonds is 34. The third kappa shape index (κ3) is 41.3. The van der Waals surface area contributed by atoms with Gasteiger partial charge in [0, 0.05) is 12.8 Å². The van der Waals surface area contributed by atoms with E-state index in [1.54, 1.807) is 0 Å². The van der Waals surface area contributed by atoms with Crippen molar-refractivity contribution >= 4 is 19.8 Å². The topological polar surface area (TPSA) is 119 Å². The molecule has 0 heterocycles. The van der Waals surface area contributed by atoms with Crippen LogP contribution in [0.25, 0.3) is 0 Å². The molecule has 0 amide bonds. The van der Waals surface area contributed by atoms with Crippen LogP contribution in [0.15, 0.2) is 109 Å². The van der Waals surface area contributed by atoms with Crippen LogP contribution in [0.5, 0.6) is 0 Å². The van der Waals surface area contributed by atoms with Crippen molar-refractivity contribution in [2.45, 2.75) is 142 Å². The van der Waals surface area contributed by atoms with Gasteiger partial charge in [-0.2, -0.15) is 0 Å². The normalized spacial score (nSPS) is 13.7. The molecule has 0 radical (unpaired) electrons. The van der Waals surface area contributed by atoms with Crippen LogP contribution in [-0.4, -0.2) is 41.0 Å². The molecule has 2 N–H and O–H groups in total. The molecule has 0 spiro atoms. The van der Waals surface area contributed by atoms with Gasteiger partial charge < -0.3 is 19.3 Å². The molecule has 9 heteroatoms. The third-order valence-corrected chi connectivity index (χ3v) is 8.15. The number of unbranched alkanes of at least 4 members (excludes halogenated alkanes) is 10. The second-order valence-corrected chi connectivity index (χ2v) is 13.9. The van der Waals surface area contributed by atoms with Crippen LogP contribution in [-0.2, 0) is 28.2 Å². The molecule has 0 aliphatic heterocycles. The molecular formula is C44H69O8P. The number of hydrogen-bond donors (Lipinski definition) is 2. The van der Waals surface area contributed by atoms with E-state index in [-0.39, 0.29) is 19.4 Å². The number of carbonyl (C=O) groups is 2. The van der Waals surface area contributed by atoms with E-state index in [9.17, 15) is 14.2 Å². The van der Waals surface area contributed by atoms with Crippen LogP contribution in [0.4, 0.5) is 0 Å². The van der Waals surface area contributed by atoms with Crippen molar-refractivity contribution in [1.29, 1.82) is 0 Å². The first-order valence-corrected chi connectivity index (χ1v) is 21.3. The van der Waals surface area contributed by atoms with Crippen molar-refractivity contribution in [2.75, 3.05) is 13.2 Å². The van der Waals surface area contributed by atoms with E-state index in [4.69, 9.17) is 19.3 Å². The number of phosphoric acid groups is 1. The average molecular weight is 757 g/mol. The van der Waals surface area contributed by atoms with Crippen molar-refractivity contribution in [3.8, 4) is 0 Å². The summed E-state index contributed by atoms with van der Waals surface area (Å²) in [5, 5.41) is 0. The standard InChI is InChI=1S/C44H69O8P/c1-3-5-7-9-11-13-15-17-18-19-20-21-22-23-24-25-27-28-30-32-34-36-38-43(45)50-40-42(41-51-53(47,48)49)52-44(46)39-37-35-33-31-29-26-16-14-12-10-8-6-4-2/h5-8,10-14,16-18,20-21,26,29,31,33,42H,3-4,9,15,19,22-25,27-28,30,32,34-41H2,1-2H3,(H2,47,48,49)/b7-5+,8-6+,12-10+,13-11+,16-14+,18-17+,21-20+,29-26+,33-31+. The van der Waals surface area contributed by atoms with E-state index >= 15 is 0 Å². The molecule has 1 unspecified atom stereocenters. The molecule has 0 aromatic heterocycles. The van der Waals surface area contributed by atoms with E-state index in [0.29, 0.717) is 19.3 Å². The molecule has 0 aromatic rings. The molecule has 0 bridgehead atoms. The number of ether oxygens (including phenoxy) is 2. The van der Waals surface area contributed by atoms with Gasteiger partial charge in [-0.25, -0.2) is 4.57 Å². The van der Waals surface area contributed by atoms with E-state index in [1.165, 1.54) is 32.1 Å². The lowest BCUT2D eigenvalue weighted by Gasteiger charge is -2.18. The Morgan fingerprint density at radius 2 is 0.962 bits per heavy atom. The fourth-order valence-electron chi connectivity index (χ4n) is 4.80. The monoisotopic (exact) mass is 756 g/mol. The maximum absolute atomic E-state index is 12.3. The Bertz CT molecular complexity index is 1220. The predicted molar refractivity (Wildman–Crippen MR) is 220 cm³/mol. The molecule has 0 aliphatic carbocycles. The molecular weight excluding hydrogens is 687 g/mol. The highest BCUT2D eigenvalue weighted by atomic mass is 31.2. The summed E-state index contributed by atoms with van der Waals surface area (Å²) in [5.41, 5.74) is 0. The maximum atomic E-state index is 12.3. The molecule has 298 valence electrons. The zero-order valence-corrected chi connectivity index (χ0v) is 33.5. The van der Waals surface area contributed by atoms with Gasteiger partial charge in [-0.1, -0.05) is 168 Å². The van der Waals surface area contributed by atoms with Gasteiger partial charge in [0.05, 0.1) is 6.61 Å². The fourth-order valence-corrected chi connectivity index (χ4v) is 5.16. The van der Waals surface area contributed by atoms with Crippen LogP contribution in [0.2, 0.25) is 0 Å². The van der Waals surface area contributed by atoms with E-state index < -0.39 is 32.5 Å². The average Bonchev–Trinajstić information content (AvgIpc) is 3.13. The van der Waals surface area contributed by atoms with Gasteiger partial charge in [0.1, 0.15) is 6.61 Å². The van der Waals surface area contributed by atoms with Gasteiger partial charge in [0.15, 0.2) is 6.10 Å². The minimum Gasteiger partial charge on any atom is -0.462 e. The lowest BCUT2D eigenvalue weighted by Crippen LogP contribution is -2.29. The van der Waals surface area contributed by atoms with Crippen LogP contribution in [0.3, 0.4) is 0 Å². The second kappa shape index (κ2) is 38.4. The van der Waals surface area contributed by atoms with E-state index in [0.717, 1.165) is 57.8 Å². The Kier molecular flexibility index (Phi) is 36.0. The zero-order chi connectivity index (χ0) is 38.9. The molecule has 0 saturated heterocycles. The summed E-state index contributed by atoms with van der Waals surface area (Å²) in [6.07, 6.45) is 54.0. The Morgan fingerprint density at radius 3 is 1.53 bits per heavy atom. The molecule has 1 atom stereocenters. The Labute approximate surface area is 321 Å². The Balaban J connectivity index is 4.02. The van der Waals surface area contributed by atoms with Crippen LogP contribution >= 0.6 is 7.82 Å². The Morgan fingerprint density at radius 1 is 0.509 bits per heavy atom. The first-order valence-electron chi connectivity index (χ1n) is 19.7. The van der Waals surface area contributed by atoms with E-state index in [1.807, 2.05) is 54.7 Å². The van der Waals surface area contributed by atoms with Gasteiger partial charge in [-0.15, -0.1) is 0 Å². The predicted octanol–water partition coefficient (Wildman–Crippen LogP) is 12.0. The molecule has 8 nitrogen and oxygen atoms in total. The summed E-state index contributed by atoms with van der Waals surface area (Å²) >= 11 is 0. The third-order valence-electron chi connectivity index (χ3n) is 7.66. The highest BCUT2D eigenvalue weighted by molar-refractivity contribution is 7.46. The van der Waals surface area contributed by atoms with Gasteiger partial charge in [-0.05, 0) is 64.2 Å². The minimum atomic E-state index is -4.78. The summed E-state index contributed by atoms with van der Waals surface area (Å²) in [5.74, 6) is -0.991. The van der Waals surface area contributed by atoms with Gasteiger partial charge in [0.2, 0.25) is 0 Å². The SMILES string of the molecule is CC/C=C/C=C/C=C/C=C/C=C/CCCC(=O)OC(COC(=O)CCCCCCCCCCC/C=C/C/C=C/C/C=C/C/C=C/CC)COP(=O)(O)O. The van der Waals surface area contributed by atoms with Crippen molar-refractivity contribution in [2.24, 2.45) is 0 Å². The smallest absolute Gasteiger partial charge is 0.462 e. The highest BCUT2D eigenvalue weighted by Crippen LogP contribution is 2.36. The van der Waals surface area contributed by atoms with Crippen molar-refractivity contribution < 1.29 is 37.9 Å². The lowest BCUT2D eigenvalue weighted by molar-refractivity contribution is -0.161. The maximum Gasteiger partial charge on any atom is 0.469 e. The largest absolute Gasteiger partial charge is 0.469 e. The van der Waals surface area contributed by atoms with Crippen molar-refractivity contribution in [3.63, 3.8) is 0 Å². The second-order valence-electron chi connectivity index (χ2n) is 12.6. The minimum absolute atomic E-state index is 0.108. The molecule has 0 fully saturated rings. The number of phosphoric ester groups is 1. The zero-order valence-electron chi connectivity index (χ0n) is 32.6. The summed E-state index contributed by atoms with van der Waals surface area (Å²) in [6, 6.07) is 0. The van der Waals surface area contributed by atoms with Crippen LogP contribution in [0.1, 0.15) is 136 Å². The quantitative estimate of drug-likeness (QED) is 0.0219. The summed E-state index contributed by atoms with van der Waals surface area (Å²) in [6.45, 7) is 3.34.